The van der Waals surface area contributed by atoms with Gasteiger partial charge in [0.05, 0.1) is 6.42 Å². The summed E-state index contributed by atoms with van der Waals surface area (Å²) in [4.78, 5) is 15.3. The summed E-state index contributed by atoms with van der Waals surface area (Å²) < 4.78 is 0. The highest BCUT2D eigenvalue weighted by Gasteiger charge is 2.28. The molecule has 0 unspecified atom stereocenters. The first-order valence-corrected chi connectivity index (χ1v) is 7.48. The van der Waals surface area contributed by atoms with Gasteiger partial charge in [0, 0.05) is 23.6 Å². The fraction of sp³-hybridized carbons (Fsp3) is 0.471. The largest absolute Gasteiger partial charge is 0.361 e. The number of carbonyl (C=O) groups is 1. The Morgan fingerprint density at radius 2 is 2.05 bits per heavy atom. The van der Waals surface area contributed by atoms with Crippen LogP contribution in [0.5, 0.6) is 0 Å². The molecule has 0 aliphatic heterocycles. The fourth-order valence-corrected chi connectivity index (χ4v) is 3.23. The van der Waals surface area contributed by atoms with Crippen LogP contribution in [0.4, 0.5) is 0 Å². The summed E-state index contributed by atoms with van der Waals surface area (Å²) in [5.41, 5.74) is 2.49. The van der Waals surface area contributed by atoms with Crippen molar-refractivity contribution in [1.29, 1.82) is 0 Å². The van der Waals surface area contributed by atoms with Gasteiger partial charge < -0.3 is 10.3 Å². The van der Waals surface area contributed by atoms with E-state index in [1.807, 2.05) is 24.4 Å². The average molecular weight is 270 g/mol. The highest BCUT2D eigenvalue weighted by molar-refractivity contribution is 5.88. The van der Waals surface area contributed by atoms with Crippen LogP contribution in [0.25, 0.3) is 10.9 Å². The summed E-state index contributed by atoms with van der Waals surface area (Å²) in [6.45, 7) is 3.10. The van der Waals surface area contributed by atoms with Gasteiger partial charge in [0.25, 0.3) is 0 Å². The minimum absolute atomic E-state index is 0.128. The first-order valence-electron chi connectivity index (χ1n) is 7.48. The molecule has 0 radical (unpaired) electrons. The van der Waals surface area contributed by atoms with Crippen LogP contribution in [0.15, 0.2) is 30.5 Å². The SMILES string of the molecule is CC1(CNC(=O)Cc2c[nH]c3ccccc23)CCCC1. The van der Waals surface area contributed by atoms with Crippen LogP contribution in [-0.4, -0.2) is 17.4 Å². The Labute approximate surface area is 119 Å². The summed E-state index contributed by atoms with van der Waals surface area (Å²) >= 11 is 0. The maximum Gasteiger partial charge on any atom is 0.224 e. The lowest BCUT2D eigenvalue weighted by Gasteiger charge is -2.23. The van der Waals surface area contributed by atoms with Gasteiger partial charge in [-0.05, 0) is 29.9 Å². The van der Waals surface area contributed by atoms with Gasteiger partial charge in [-0.15, -0.1) is 0 Å². The Morgan fingerprint density at radius 3 is 2.85 bits per heavy atom. The Morgan fingerprint density at radius 1 is 1.30 bits per heavy atom. The molecule has 0 bridgehead atoms. The molecule has 20 heavy (non-hydrogen) atoms. The second-order valence-electron chi connectivity index (χ2n) is 6.33. The molecule has 1 aromatic heterocycles. The molecular weight excluding hydrogens is 248 g/mol. The van der Waals surface area contributed by atoms with Crippen molar-refractivity contribution in [2.45, 2.75) is 39.0 Å². The third-order valence-electron chi connectivity index (χ3n) is 4.55. The average Bonchev–Trinajstić information content (AvgIpc) is 3.05. The van der Waals surface area contributed by atoms with Crippen molar-refractivity contribution in [2.24, 2.45) is 5.41 Å². The number of amides is 1. The van der Waals surface area contributed by atoms with Crippen molar-refractivity contribution in [2.75, 3.05) is 6.54 Å². The molecule has 1 heterocycles. The lowest BCUT2D eigenvalue weighted by molar-refractivity contribution is -0.120. The maximum absolute atomic E-state index is 12.1. The number of aromatic nitrogens is 1. The molecule has 1 aromatic carbocycles. The van der Waals surface area contributed by atoms with Gasteiger partial charge >= 0.3 is 0 Å². The third kappa shape index (κ3) is 2.72. The summed E-state index contributed by atoms with van der Waals surface area (Å²) in [6, 6.07) is 8.11. The summed E-state index contributed by atoms with van der Waals surface area (Å²) in [6.07, 6.45) is 7.48. The second-order valence-corrected chi connectivity index (χ2v) is 6.33. The zero-order chi connectivity index (χ0) is 14.0. The van der Waals surface area contributed by atoms with Crippen molar-refractivity contribution in [3.05, 3.63) is 36.0 Å². The standard InChI is InChI=1S/C17H22N2O/c1-17(8-4-5-9-17)12-19-16(20)10-13-11-18-15-7-3-2-6-14(13)15/h2-3,6-7,11,18H,4-5,8-10,12H2,1H3,(H,19,20). The van der Waals surface area contributed by atoms with Crippen LogP contribution in [0.1, 0.15) is 38.2 Å². The number of hydrogen-bond acceptors (Lipinski definition) is 1. The van der Waals surface area contributed by atoms with E-state index in [1.165, 1.54) is 25.7 Å². The molecule has 0 spiro atoms. The molecule has 1 aliphatic carbocycles. The van der Waals surface area contributed by atoms with E-state index in [2.05, 4.69) is 23.3 Å². The van der Waals surface area contributed by atoms with E-state index < -0.39 is 0 Å². The van der Waals surface area contributed by atoms with Crippen molar-refractivity contribution in [3.63, 3.8) is 0 Å². The predicted molar refractivity (Wildman–Crippen MR) is 81.6 cm³/mol. The predicted octanol–water partition coefficient (Wildman–Crippen LogP) is 3.41. The third-order valence-corrected chi connectivity index (χ3v) is 4.55. The highest BCUT2D eigenvalue weighted by atomic mass is 16.1. The first kappa shape index (κ1) is 13.2. The minimum Gasteiger partial charge on any atom is -0.361 e. The molecule has 2 N–H and O–H groups in total. The molecule has 1 aliphatic rings. The molecule has 2 aromatic rings. The van der Waals surface area contributed by atoms with Crippen LogP contribution in [0, 0.1) is 5.41 Å². The molecular formula is C17H22N2O. The smallest absolute Gasteiger partial charge is 0.224 e. The maximum atomic E-state index is 12.1. The Bertz CT molecular complexity index is 608. The van der Waals surface area contributed by atoms with Gasteiger partial charge in [-0.25, -0.2) is 0 Å². The number of para-hydroxylation sites is 1. The van der Waals surface area contributed by atoms with Crippen LogP contribution >= 0.6 is 0 Å². The lowest BCUT2D eigenvalue weighted by atomic mass is 9.89. The molecule has 3 heteroatoms. The zero-order valence-electron chi connectivity index (χ0n) is 12.0. The number of fused-ring (bicyclic) bond motifs is 1. The summed E-state index contributed by atoms with van der Waals surface area (Å²) in [7, 11) is 0. The molecule has 106 valence electrons. The molecule has 1 saturated carbocycles. The van der Waals surface area contributed by atoms with Crippen LogP contribution in [0.2, 0.25) is 0 Å². The van der Waals surface area contributed by atoms with E-state index in [0.29, 0.717) is 11.8 Å². The number of carbonyl (C=O) groups excluding carboxylic acids is 1. The number of rotatable bonds is 4. The number of hydrogen-bond donors (Lipinski definition) is 2. The Hall–Kier alpha value is -1.77. The van der Waals surface area contributed by atoms with E-state index in [-0.39, 0.29) is 5.91 Å². The van der Waals surface area contributed by atoms with Crippen molar-refractivity contribution < 1.29 is 4.79 Å². The topological polar surface area (TPSA) is 44.9 Å². The Kier molecular flexibility index (Phi) is 3.51. The minimum atomic E-state index is 0.128. The lowest BCUT2D eigenvalue weighted by Crippen LogP contribution is -2.34. The number of aromatic amines is 1. The van der Waals surface area contributed by atoms with Gasteiger partial charge in [-0.1, -0.05) is 38.0 Å². The second kappa shape index (κ2) is 5.31. The number of nitrogens with one attached hydrogen (secondary N) is 2. The molecule has 1 fully saturated rings. The van der Waals surface area contributed by atoms with Crippen molar-refractivity contribution >= 4 is 16.8 Å². The van der Waals surface area contributed by atoms with E-state index >= 15 is 0 Å². The monoisotopic (exact) mass is 270 g/mol. The van der Waals surface area contributed by atoms with Gasteiger partial charge in [0.15, 0.2) is 0 Å². The fourth-order valence-electron chi connectivity index (χ4n) is 3.23. The van der Waals surface area contributed by atoms with E-state index in [4.69, 9.17) is 0 Å². The van der Waals surface area contributed by atoms with E-state index in [9.17, 15) is 4.79 Å². The van der Waals surface area contributed by atoms with Crippen LogP contribution in [-0.2, 0) is 11.2 Å². The van der Waals surface area contributed by atoms with E-state index in [0.717, 1.165) is 23.0 Å². The van der Waals surface area contributed by atoms with Gasteiger partial charge in [-0.2, -0.15) is 0 Å². The van der Waals surface area contributed by atoms with Gasteiger partial charge in [-0.3, -0.25) is 4.79 Å². The molecule has 3 rings (SSSR count). The van der Waals surface area contributed by atoms with Crippen LogP contribution in [0.3, 0.4) is 0 Å². The quantitative estimate of drug-likeness (QED) is 0.878. The normalized spacial score (nSPS) is 17.4. The Balaban J connectivity index is 1.61. The number of H-pyrrole nitrogens is 1. The molecule has 0 atom stereocenters. The van der Waals surface area contributed by atoms with Crippen LogP contribution < -0.4 is 5.32 Å². The molecule has 3 nitrogen and oxygen atoms in total. The van der Waals surface area contributed by atoms with Crippen molar-refractivity contribution in [1.82, 2.24) is 10.3 Å². The summed E-state index contributed by atoms with van der Waals surface area (Å²) in [5.74, 6) is 0.128. The highest BCUT2D eigenvalue weighted by Crippen LogP contribution is 2.36. The molecule has 1 amide bonds. The summed E-state index contributed by atoms with van der Waals surface area (Å²) in [5, 5.41) is 4.26. The van der Waals surface area contributed by atoms with Crippen molar-refractivity contribution in [3.8, 4) is 0 Å². The first-order chi connectivity index (χ1) is 9.66. The van der Waals surface area contributed by atoms with Gasteiger partial charge in [0.1, 0.15) is 0 Å². The zero-order valence-corrected chi connectivity index (χ0v) is 12.0. The molecule has 0 saturated heterocycles. The van der Waals surface area contributed by atoms with Gasteiger partial charge in [0.2, 0.25) is 5.91 Å². The van der Waals surface area contributed by atoms with E-state index in [1.54, 1.807) is 0 Å². The number of benzene rings is 1.